The van der Waals surface area contributed by atoms with Crippen molar-refractivity contribution >= 4 is 5.91 Å². The zero-order valence-corrected chi connectivity index (χ0v) is 14.5. The molecule has 4 rings (SSSR count). The topological polar surface area (TPSA) is 103 Å². The van der Waals surface area contributed by atoms with Gasteiger partial charge in [-0.1, -0.05) is 30.3 Å². The number of hydrogen-bond acceptors (Lipinski definition) is 6. The van der Waals surface area contributed by atoms with Gasteiger partial charge in [0.25, 0.3) is 0 Å². The maximum atomic E-state index is 12.9. The zero-order chi connectivity index (χ0) is 17.9. The lowest BCUT2D eigenvalue weighted by atomic mass is 10.1. The number of carbonyl (C=O) groups is 1. The van der Waals surface area contributed by atoms with E-state index in [1.165, 1.54) is 4.68 Å². The summed E-state index contributed by atoms with van der Waals surface area (Å²) in [6.45, 7) is 4.70. The number of amides is 1. The molecule has 0 saturated carbocycles. The van der Waals surface area contributed by atoms with Gasteiger partial charge in [0.05, 0.1) is 24.5 Å². The van der Waals surface area contributed by atoms with Crippen molar-refractivity contribution < 1.29 is 4.79 Å². The van der Waals surface area contributed by atoms with Gasteiger partial charge in [-0.25, -0.2) is 4.68 Å². The molecule has 134 valence electrons. The first-order valence-electron chi connectivity index (χ1n) is 8.56. The smallest absolute Gasteiger partial charge is 0.249 e. The van der Waals surface area contributed by atoms with Gasteiger partial charge in [-0.3, -0.25) is 9.48 Å². The molecular formula is C17H20N8O. The zero-order valence-electron chi connectivity index (χ0n) is 14.5. The van der Waals surface area contributed by atoms with E-state index in [1.54, 1.807) is 6.92 Å². The Kier molecular flexibility index (Phi) is 4.44. The van der Waals surface area contributed by atoms with Crippen LogP contribution < -0.4 is 10.6 Å². The number of nitrogens with zero attached hydrogens (tertiary/aromatic N) is 6. The highest BCUT2D eigenvalue weighted by molar-refractivity contribution is 5.83. The number of aryl methyl sites for hydroxylation is 1. The molecule has 1 aromatic carbocycles. The van der Waals surface area contributed by atoms with E-state index in [-0.39, 0.29) is 5.91 Å². The standard InChI is InChI=1S/C17H20N8O/c1-12-20-22-23-25(12)16(13-5-3-2-4-6-13)17(26)19-10-14-9-15-11-18-7-8-24(15)21-14/h2-6,9,16,18H,7-8,10-11H2,1H3,(H,19,26)/t16-/m1/s1. The molecule has 2 aromatic heterocycles. The minimum atomic E-state index is -0.620. The second-order valence-corrected chi connectivity index (χ2v) is 6.23. The highest BCUT2D eigenvalue weighted by Gasteiger charge is 2.25. The Hall–Kier alpha value is -3.07. The second kappa shape index (κ2) is 7.04. The van der Waals surface area contributed by atoms with E-state index < -0.39 is 6.04 Å². The highest BCUT2D eigenvalue weighted by Crippen LogP contribution is 2.18. The second-order valence-electron chi connectivity index (χ2n) is 6.23. The lowest BCUT2D eigenvalue weighted by Crippen LogP contribution is -2.34. The number of rotatable bonds is 5. The van der Waals surface area contributed by atoms with Crippen molar-refractivity contribution in [2.24, 2.45) is 0 Å². The minimum Gasteiger partial charge on any atom is -0.348 e. The molecule has 1 amide bonds. The van der Waals surface area contributed by atoms with Gasteiger partial charge < -0.3 is 10.6 Å². The molecular weight excluding hydrogens is 332 g/mol. The molecule has 0 unspecified atom stereocenters. The van der Waals surface area contributed by atoms with E-state index in [1.807, 2.05) is 41.1 Å². The normalized spacial score (nSPS) is 14.7. The van der Waals surface area contributed by atoms with E-state index in [0.29, 0.717) is 12.4 Å². The van der Waals surface area contributed by atoms with Crippen LogP contribution in [0.2, 0.25) is 0 Å². The number of tetrazole rings is 1. The summed E-state index contributed by atoms with van der Waals surface area (Å²) in [6.07, 6.45) is 0. The summed E-state index contributed by atoms with van der Waals surface area (Å²) in [5.74, 6) is 0.410. The van der Waals surface area contributed by atoms with Crippen LogP contribution in [0.15, 0.2) is 36.4 Å². The van der Waals surface area contributed by atoms with Gasteiger partial charge in [-0.2, -0.15) is 5.10 Å². The third kappa shape index (κ3) is 3.21. The van der Waals surface area contributed by atoms with Gasteiger partial charge in [-0.05, 0) is 29.0 Å². The molecule has 0 bridgehead atoms. The Morgan fingerprint density at radius 3 is 2.92 bits per heavy atom. The molecule has 0 radical (unpaired) electrons. The molecule has 1 aliphatic heterocycles. The van der Waals surface area contributed by atoms with Gasteiger partial charge in [0.2, 0.25) is 5.91 Å². The summed E-state index contributed by atoms with van der Waals surface area (Å²) >= 11 is 0. The average Bonchev–Trinajstić information content (AvgIpc) is 3.27. The number of aromatic nitrogens is 6. The molecule has 2 N–H and O–H groups in total. The first-order valence-corrected chi connectivity index (χ1v) is 8.56. The number of hydrogen-bond donors (Lipinski definition) is 2. The molecule has 0 aliphatic carbocycles. The Labute approximate surface area is 150 Å². The molecule has 0 saturated heterocycles. The predicted molar refractivity (Wildman–Crippen MR) is 92.9 cm³/mol. The number of carbonyl (C=O) groups excluding carboxylic acids is 1. The fourth-order valence-corrected chi connectivity index (χ4v) is 3.13. The highest BCUT2D eigenvalue weighted by atomic mass is 16.2. The van der Waals surface area contributed by atoms with Crippen molar-refractivity contribution in [2.75, 3.05) is 6.54 Å². The SMILES string of the molecule is Cc1nnnn1[C@@H](C(=O)NCc1cc2n(n1)CCNC2)c1ccccc1. The number of fused-ring (bicyclic) bond motifs is 1. The Balaban J connectivity index is 1.53. The van der Waals surface area contributed by atoms with Crippen molar-refractivity contribution in [2.45, 2.75) is 32.6 Å². The van der Waals surface area contributed by atoms with Gasteiger partial charge in [0.1, 0.15) is 5.82 Å². The number of benzene rings is 1. The molecule has 3 aromatic rings. The summed E-state index contributed by atoms with van der Waals surface area (Å²) < 4.78 is 3.52. The van der Waals surface area contributed by atoms with E-state index in [0.717, 1.165) is 36.6 Å². The summed E-state index contributed by atoms with van der Waals surface area (Å²) in [5, 5.41) is 22.4. The van der Waals surface area contributed by atoms with Crippen LogP contribution in [0.3, 0.4) is 0 Å². The van der Waals surface area contributed by atoms with Gasteiger partial charge in [0, 0.05) is 13.1 Å². The quantitative estimate of drug-likeness (QED) is 0.679. The first kappa shape index (κ1) is 16.4. The molecule has 0 fully saturated rings. The van der Waals surface area contributed by atoms with Crippen molar-refractivity contribution in [1.29, 1.82) is 0 Å². The van der Waals surface area contributed by atoms with E-state index in [2.05, 4.69) is 31.3 Å². The lowest BCUT2D eigenvalue weighted by molar-refractivity contribution is -0.123. The predicted octanol–water partition coefficient (Wildman–Crippen LogP) is 0.187. The van der Waals surface area contributed by atoms with E-state index in [9.17, 15) is 4.79 Å². The largest absolute Gasteiger partial charge is 0.348 e. The van der Waals surface area contributed by atoms with Crippen LogP contribution in [0.25, 0.3) is 0 Å². The van der Waals surface area contributed by atoms with E-state index >= 15 is 0 Å². The molecule has 26 heavy (non-hydrogen) atoms. The monoisotopic (exact) mass is 352 g/mol. The summed E-state index contributed by atoms with van der Waals surface area (Å²) in [5.41, 5.74) is 2.81. The van der Waals surface area contributed by atoms with Gasteiger partial charge in [0.15, 0.2) is 6.04 Å². The third-order valence-electron chi connectivity index (χ3n) is 4.43. The maximum Gasteiger partial charge on any atom is 0.249 e. The summed E-state index contributed by atoms with van der Waals surface area (Å²) in [6, 6.07) is 10.9. The minimum absolute atomic E-state index is 0.171. The molecule has 1 aliphatic rings. The first-order chi connectivity index (χ1) is 12.7. The van der Waals surface area contributed by atoms with Gasteiger partial charge >= 0.3 is 0 Å². The van der Waals surface area contributed by atoms with Crippen molar-refractivity contribution in [3.8, 4) is 0 Å². The van der Waals surface area contributed by atoms with Crippen molar-refractivity contribution in [3.05, 3.63) is 59.2 Å². The van der Waals surface area contributed by atoms with Crippen LogP contribution in [-0.4, -0.2) is 42.4 Å². The van der Waals surface area contributed by atoms with Crippen LogP contribution in [0.5, 0.6) is 0 Å². The molecule has 0 spiro atoms. The lowest BCUT2D eigenvalue weighted by Gasteiger charge is -2.17. The Morgan fingerprint density at radius 1 is 1.35 bits per heavy atom. The molecule has 1 atom stereocenters. The Morgan fingerprint density at radius 2 is 2.19 bits per heavy atom. The fourth-order valence-electron chi connectivity index (χ4n) is 3.13. The van der Waals surface area contributed by atoms with Crippen LogP contribution in [0.1, 0.15) is 28.8 Å². The van der Waals surface area contributed by atoms with Crippen LogP contribution >= 0.6 is 0 Å². The van der Waals surface area contributed by atoms with E-state index in [4.69, 9.17) is 0 Å². The Bertz CT molecular complexity index is 877. The fraction of sp³-hybridized carbons (Fsp3) is 0.353. The van der Waals surface area contributed by atoms with Crippen LogP contribution in [0.4, 0.5) is 0 Å². The van der Waals surface area contributed by atoms with Crippen LogP contribution in [-0.2, 0) is 24.4 Å². The molecule has 9 nitrogen and oxygen atoms in total. The third-order valence-corrected chi connectivity index (χ3v) is 4.43. The van der Waals surface area contributed by atoms with Gasteiger partial charge in [-0.15, -0.1) is 5.10 Å². The maximum absolute atomic E-state index is 12.9. The molecule has 3 heterocycles. The number of nitrogens with one attached hydrogen (secondary N) is 2. The van der Waals surface area contributed by atoms with Crippen molar-refractivity contribution in [1.82, 2.24) is 40.6 Å². The van der Waals surface area contributed by atoms with Crippen molar-refractivity contribution in [3.63, 3.8) is 0 Å². The summed E-state index contributed by atoms with van der Waals surface area (Å²) in [7, 11) is 0. The average molecular weight is 352 g/mol. The van der Waals surface area contributed by atoms with Crippen LogP contribution in [0, 0.1) is 6.92 Å². The molecule has 9 heteroatoms. The summed E-state index contributed by atoms with van der Waals surface area (Å²) in [4.78, 5) is 12.9.